The van der Waals surface area contributed by atoms with Crippen LogP contribution in [0.3, 0.4) is 0 Å². The molecule has 0 radical (unpaired) electrons. The zero-order valence-electron chi connectivity index (χ0n) is 20.2. The van der Waals surface area contributed by atoms with Gasteiger partial charge in [0.1, 0.15) is 11.7 Å². The largest absolute Gasteiger partial charge is 0.462 e. The molecule has 7 atom stereocenters. The maximum atomic E-state index is 13.7. The van der Waals surface area contributed by atoms with E-state index in [1.165, 1.54) is 5.57 Å². The number of rotatable bonds is 2. The monoisotopic (exact) mass is 454 g/mol. The molecule has 1 heterocycles. The number of allylic oxidation sites excluding steroid dienone is 1. The molecule has 4 saturated carbocycles. The molecule has 5 nitrogen and oxygen atoms in total. The van der Waals surface area contributed by atoms with E-state index in [9.17, 15) is 14.4 Å². The van der Waals surface area contributed by atoms with Gasteiger partial charge in [0.2, 0.25) is 0 Å². The van der Waals surface area contributed by atoms with Crippen LogP contribution in [0.4, 0.5) is 0 Å². The topological polar surface area (TPSA) is 69.7 Å². The summed E-state index contributed by atoms with van der Waals surface area (Å²) in [6.07, 6.45) is 13.7. The minimum absolute atomic E-state index is 0.00779. The Hall–Kier alpha value is -1.65. The smallest absolute Gasteiger partial charge is 0.309 e. The van der Waals surface area contributed by atoms with Gasteiger partial charge in [-0.15, -0.1) is 0 Å². The van der Waals surface area contributed by atoms with Crippen molar-refractivity contribution in [2.24, 2.45) is 34.5 Å². The van der Waals surface area contributed by atoms with Crippen molar-refractivity contribution in [3.8, 4) is 0 Å². The normalized spacial score (nSPS) is 47.0. The van der Waals surface area contributed by atoms with Crippen molar-refractivity contribution in [3.05, 3.63) is 11.6 Å². The Balaban J connectivity index is 1.38. The summed E-state index contributed by atoms with van der Waals surface area (Å²) in [5.74, 6) is 0.928. The predicted octanol–water partition coefficient (Wildman–Crippen LogP) is 5.31. The number of hydrogen-bond donors (Lipinski definition) is 0. The number of ketones is 1. The van der Waals surface area contributed by atoms with Crippen LogP contribution in [0.1, 0.15) is 97.3 Å². The maximum Gasteiger partial charge on any atom is 0.309 e. The Morgan fingerprint density at radius 1 is 0.970 bits per heavy atom. The fraction of sp³-hybridized carbons (Fsp3) is 0.821. The van der Waals surface area contributed by atoms with Gasteiger partial charge in [0.15, 0.2) is 5.78 Å². The summed E-state index contributed by atoms with van der Waals surface area (Å²) in [5.41, 5.74) is 0.761. The number of carbonyl (C=O) groups excluding carboxylic acids is 3. The Labute approximate surface area is 197 Å². The average molecular weight is 455 g/mol. The summed E-state index contributed by atoms with van der Waals surface area (Å²) in [7, 11) is 0. The van der Waals surface area contributed by atoms with Gasteiger partial charge in [0, 0.05) is 18.3 Å². The van der Waals surface area contributed by atoms with Crippen LogP contribution in [-0.4, -0.2) is 29.4 Å². The lowest BCUT2D eigenvalue weighted by atomic mass is 9.44. The number of hydrogen-bond acceptors (Lipinski definition) is 5. The molecule has 33 heavy (non-hydrogen) atoms. The lowest BCUT2D eigenvalue weighted by Gasteiger charge is -2.60. The molecule has 180 valence electrons. The molecule has 1 spiro atoms. The first-order chi connectivity index (χ1) is 15.8. The van der Waals surface area contributed by atoms with E-state index in [2.05, 4.69) is 13.8 Å². The standard InChI is InChI=1S/C28H38O5/c1-26-11-7-18(29)15-17(26)16-20(25(31)32-19-5-3-4-6-19)24-21(26)8-12-27(2)22(24)9-13-28(27)14-10-23(30)33-28/h15,19-22,24H,3-14,16H2,1-2H3/t20-,21?,22?,24?,26?,27?,28-/m0/s1. The summed E-state index contributed by atoms with van der Waals surface area (Å²) < 4.78 is 12.2. The van der Waals surface area contributed by atoms with Gasteiger partial charge in [-0.25, -0.2) is 0 Å². The lowest BCUT2D eigenvalue weighted by Crippen LogP contribution is -2.58. The molecule has 5 unspecified atom stereocenters. The third-order valence-electron chi connectivity index (χ3n) is 11.2. The quantitative estimate of drug-likeness (QED) is 0.529. The molecule has 0 bridgehead atoms. The van der Waals surface area contributed by atoms with Crippen LogP contribution in [0.5, 0.6) is 0 Å². The molecule has 0 aromatic heterocycles. The molecular weight excluding hydrogens is 416 g/mol. The van der Waals surface area contributed by atoms with E-state index in [1.807, 2.05) is 6.08 Å². The summed E-state index contributed by atoms with van der Waals surface area (Å²) in [5, 5.41) is 0. The van der Waals surface area contributed by atoms with Crippen LogP contribution in [0, 0.1) is 34.5 Å². The number of carbonyl (C=O) groups is 3. The highest BCUT2D eigenvalue weighted by Gasteiger charge is 2.69. The number of fused-ring (bicyclic) bond motifs is 6. The average Bonchev–Trinajstić information content (AvgIpc) is 3.49. The van der Waals surface area contributed by atoms with Crippen molar-refractivity contribution in [1.29, 1.82) is 0 Å². The van der Waals surface area contributed by atoms with E-state index >= 15 is 0 Å². The molecular formula is C28H38O5. The van der Waals surface area contributed by atoms with Crippen molar-refractivity contribution in [2.75, 3.05) is 0 Å². The molecule has 0 aromatic rings. The van der Waals surface area contributed by atoms with Gasteiger partial charge < -0.3 is 9.47 Å². The zero-order chi connectivity index (χ0) is 23.0. The van der Waals surface area contributed by atoms with Crippen LogP contribution in [0.15, 0.2) is 11.6 Å². The molecule has 6 aliphatic rings. The highest BCUT2D eigenvalue weighted by Crippen LogP contribution is 2.70. The first-order valence-electron chi connectivity index (χ1n) is 13.4. The summed E-state index contributed by atoms with van der Waals surface area (Å²) in [6, 6.07) is 0. The van der Waals surface area contributed by atoms with Crippen molar-refractivity contribution in [2.45, 2.75) is 109 Å². The number of ether oxygens (including phenoxy) is 2. The van der Waals surface area contributed by atoms with Crippen LogP contribution >= 0.6 is 0 Å². The van der Waals surface area contributed by atoms with Gasteiger partial charge in [-0.1, -0.05) is 19.4 Å². The Kier molecular flexibility index (Phi) is 4.92. The molecule has 1 aliphatic heterocycles. The van der Waals surface area contributed by atoms with Gasteiger partial charge >= 0.3 is 11.9 Å². The van der Waals surface area contributed by atoms with Gasteiger partial charge in [-0.3, -0.25) is 14.4 Å². The summed E-state index contributed by atoms with van der Waals surface area (Å²) >= 11 is 0. The maximum absolute atomic E-state index is 13.7. The SMILES string of the molecule is CC12CCC(=O)C=C1C[C@H](C(=O)OC1CCCC1)C1C2CCC2(C)C1CC[C@]21CCC(=O)O1. The third kappa shape index (κ3) is 3.06. The van der Waals surface area contributed by atoms with Crippen molar-refractivity contribution >= 4 is 17.7 Å². The molecule has 0 aromatic carbocycles. The minimum atomic E-state index is -0.348. The third-order valence-corrected chi connectivity index (χ3v) is 11.2. The van der Waals surface area contributed by atoms with Crippen LogP contribution in [0.2, 0.25) is 0 Å². The molecule has 6 rings (SSSR count). The summed E-state index contributed by atoms with van der Waals surface area (Å²) in [4.78, 5) is 38.3. The Morgan fingerprint density at radius 2 is 1.73 bits per heavy atom. The van der Waals surface area contributed by atoms with Crippen molar-refractivity contribution < 1.29 is 23.9 Å². The summed E-state index contributed by atoms with van der Waals surface area (Å²) in [6.45, 7) is 4.70. The second-order valence-corrected chi connectivity index (χ2v) is 12.5. The van der Waals surface area contributed by atoms with E-state index in [0.29, 0.717) is 31.1 Å². The van der Waals surface area contributed by atoms with Crippen LogP contribution in [0.25, 0.3) is 0 Å². The highest BCUT2D eigenvalue weighted by atomic mass is 16.6. The van der Waals surface area contributed by atoms with Crippen molar-refractivity contribution in [3.63, 3.8) is 0 Å². The van der Waals surface area contributed by atoms with Gasteiger partial charge in [-0.2, -0.15) is 0 Å². The molecule has 5 heteroatoms. The van der Waals surface area contributed by atoms with E-state index < -0.39 is 0 Å². The van der Waals surface area contributed by atoms with E-state index in [0.717, 1.165) is 64.2 Å². The molecule has 0 amide bonds. The second kappa shape index (κ2) is 7.42. The van der Waals surface area contributed by atoms with Gasteiger partial charge in [0.25, 0.3) is 0 Å². The number of esters is 2. The van der Waals surface area contributed by atoms with Gasteiger partial charge in [-0.05, 0) is 99.9 Å². The molecule has 5 aliphatic carbocycles. The lowest BCUT2D eigenvalue weighted by molar-refractivity contribution is -0.180. The molecule has 5 fully saturated rings. The van der Waals surface area contributed by atoms with E-state index in [1.54, 1.807) is 0 Å². The first-order valence-corrected chi connectivity index (χ1v) is 13.4. The highest BCUT2D eigenvalue weighted by molar-refractivity contribution is 5.92. The Bertz CT molecular complexity index is 915. The fourth-order valence-corrected chi connectivity index (χ4v) is 9.36. The van der Waals surface area contributed by atoms with Crippen molar-refractivity contribution in [1.82, 2.24) is 0 Å². The Morgan fingerprint density at radius 3 is 2.45 bits per heavy atom. The molecule has 1 saturated heterocycles. The zero-order valence-corrected chi connectivity index (χ0v) is 20.2. The van der Waals surface area contributed by atoms with Crippen LogP contribution in [-0.2, 0) is 23.9 Å². The van der Waals surface area contributed by atoms with Gasteiger partial charge in [0.05, 0.1) is 5.92 Å². The second-order valence-electron chi connectivity index (χ2n) is 12.5. The fourth-order valence-electron chi connectivity index (χ4n) is 9.36. The first kappa shape index (κ1) is 21.9. The van der Waals surface area contributed by atoms with E-state index in [4.69, 9.17) is 9.47 Å². The van der Waals surface area contributed by atoms with E-state index in [-0.39, 0.29) is 52.1 Å². The van der Waals surface area contributed by atoms with Crippen LogP contribution < -0.4 is 0 Å². The minimum Gasteiger partial charge on any atom is -0.462 e. The predicted molar refractivity (Wildman–Crippen MR) is 122 cm³/mol. The molecule has 0 N–H and O–H groups in total.